The molecule has 0 unspecified atom stereocenters. The number of anilines is 1. The van der Waals surface area contributed by atoms with Gasteiger partial charge in [-0.05, 0) is 63.3 Å². The van der Waals surface area contributed by atoms with Crippen molar-refractivity contribution in [3.63, 3.8) is 0 Å². The molecule has 0 bridgehead atoms. The standard InChI is InChI=1S/C25H34FN5O/c1-16(27)20(17(2)29-3)11-12-32-25-14-19(26)8-9-21(25)18-7-10-24(30-4)22(13-18)23(28)15-31(5)6/h7-10,13-14,27-30H,11-12,15H2,1-6H3/b20-17-,27-16?,28-23?. The number of nitrogens with zero attached hydrogens (tertiary/aromatic N) is 1. The minimum atomic E-state index is -0.374. The average molecular weight is 440 g/mol. The molecule has 0 saturated heterocycles. The van der Waals surface area contributed by atoms with Crippen molar-refractivity contribution in [1.82, 2.24) is 10.2 Å². The lowest BCUT2D eigenvalue weighted by Crippen LogP contribution is -2.22. The molecule has 2 aromatic rings. The zero-order valence-electron chi connectivity index (χ0n) is 19.8. The predicted octanol–water partition coefficient (Wildman–Crippen LogP) is 4.77. The molecule has 0 saturated carbocycles. The van der Waals surface area contributed by atoms with Crippen LogP contribution in [0.4, 0.5) is 10.1 Å². The second kappa shape index (κ2) is 11.4. The average Bonchev–Trinajstić information content (AvgIpc) is 2.75. The normalized spacial score (nSPS) is 11.8. The van der Waals surface area contributed by atoms with Crippen molar-refractivity contribution in [2.45, 2.75) is 20.3 Å². The van der Waals surface area contributed by atoms with E-state index < -0.39 is 0 Å². The van der Waals surface area contributed by atoms with Gasteiger partial charge in [0.15, 0.2) is 0 Å². The monoisotopic (exact) mass is 439 g/mol. The summed E-state index contributed by atoms with van der Waals surface area (Å²) >= 11 is 0. The van der Waals surface area contributed by atoms with E-state index in [4.69, 9.17) is 15.6 Å². The van der Waals surface area contributed by atoms with E-state index in [2.05, 4.69) is 10.6 Å². The number of benzene rings is 2. The Labute approximate surface area is 190 Å². The van der Waals surface area contributed by atoms with Crippen LogP contribution in [0.2, 0.25) is 0 Å². The molecule has 2 rings (SSSR count). The molecule has 0 atom stereocenters. The molecule has 0 aliphatic heterocycles. The maximum absolute atomic E-state index is 14.0. The zero-order chi connectivity index (χ0) is 23.8. The highest BCUT2D eigenvalue weighted by molar-refractivity contribution is 6.05. The number of allylic oxidation sites excluding steroid dienone is 1. The summed E-state index contributed by atoms with van der Waals surface area (Å²) in [5, 5.41) is 22.7. The molecule has 32 heavy (non-hydrogen) atoms. The first-order valence-electron chi connectivity index (χ1n) is 10.6. The third kappa shape index (κ3) is 6.40. The maximum atomic E-state index is 14.0. The lowest BCUT2D eigenvalue weighted by molar-refractivity contribution is 0.322. The second-order valence-corrected chi connectivity index (χ2v) is 7.94. The first-order valence-corrected chi connectivity index (χ1v) is 10.6. The molecule has 0 spiro atoms. The van der Waals surface area contributed by atoms with Crippen molar-refractivity contribution in [2.24, 2.45) is 0 Å². The first-order chi connectivity index (χ1) is 15.2. The third-order valence-electron chi connectivity index (χ3n) is 5.23. The number of rotatable bonds is 11. The van der Waals surface area contributed by atoms with Gasteiger partial charge in [-0.25, -0.2) is 4.39 Å². The molecule has 0 heterocycles. The molecular formula is C25H34FN5O. The number of hydrogen-bond donors (Lipinski definition) is 4. The molecule has 0 fully saturated rings. The maximum Gasteiger partial charge on any atom is 0.130 e. The molecule has 0 aliphatic rings. The van der Waals surface area contributed by atoms with Gasteiger partial charge in [-0.2, -0.15) is 0 Å². The molecular weight excluding hydrogens is 405 g/mol. The van der Waals surface area contributed by atoms with Crippen LogP contribution in [-0.4, -0.2) is 57.7 Å². The summed E-state index contributed by atoms with van der Waals surface area (Å²) in [6.07, 6.45) is 0.537. The minimum Gasteiger partial charge on any atom is -0.492 e. The Morgan fingerprint density at radius 3 is 2.38 bits per heavy atom. The van der Waals surface area contributed by atoms with Crippen molar-refractivity contribution >= 4 is 17.1 Å². The van der Waals surface area contributed by atoms with Gasteiger partial charge in [-0.15, -0.1) is 0 Å². The Kier molecular flexibility index (Phi) is 8.96. The summed E-state index contributed by atoms with van der Waals surface area (Å²) in [4.78, 5) is 1.95. The molecule has 172 valence electrons. The van der Waals surface area contributed by atoms with E-state index in [1.54, 1.807) is 13.0 Å². The van der Waals surface area contributed by atoms with E-state index in [-0.39, 0.29) is 5.82 Å². The van der Waals surface area contributed by atoms with Gasteiger partial charge in [0, 0.05) is 61.4 Å². The van der Waals surface area contributed by atoms with E-state index in [1.807, 2.05) is 58.2 Å². The van der Waals surface area contributed by atoms with Crippen molar-refractivity contribution in [1.29, 1.82) is 10.8 Å². The van der Waals surface area contributed by atoms with Crippen LogP contribution in [0.1, 0.15) is 25.8 Å². The summed E-state index contributed by atoms with van der Waals surface area (Å²) in [6.45, 7) is 4.50. The van der Waals surface area contributed by atoms with Gasteiger partial charge in [0.05, 0.1) is 12.3 Å². The molecule has 0 amide bonds. The predicted molar refractivity (Wildman–Crippen MR) is 132 cm³/mol. The third-order valence-corrected chi connectivity index (χ3v) is 5.23. The summed E-state index contributed by atoms with van der Waals surface area (Å²) in [5.74, 6) is 0.0676. The Morgan fingerprint density at radius 2 is 1.78 bits per heavy atom. The largest absolute Gasteiger partial charge is 0.492 e. The van der Waals surface area contributed by atoms with Crippen molar-refractivity contribution in [3.05, 3.63) is 59.0 Å². The SMILES string of the molecule is CN/C(C)=C(/CCOc1cc(F)ccc1-c1ccc(NC)c(C(=N)CN(C)C)c1)C(C)=N. The van der Waals surface area contributed by atoms with E-state index in [0.29, 0.717) is 36.7 Å². The Morgan fingerprint density at radius 1 is 1.06 bits per heavy atom. The van der Waals surface area contributed by atoms with Crippen molar-refractivity contribution < 1.29 is 9.13 Å². The number of ether oxygens (including phenoxy) is 1. The van der Waals surface area contributed by atoms with E-state index in [0.717, 1.165) is 33.6 Å². The van der Waals surface area contributed by atoms with Crippen molar-refractivity contribution in [3.8, 4) is 16.9 Å². The van der Waals surface area contributed by atoms with Crippen LogP contribution in [0, 0.1) is 16.6 Å². The highest BCUT2D eigenvalue weighted by Gasteiger charge is 2.14. The first kappa shape index (κ1) is 25.1. The number of hydrogen-bond acceptors (Lipinski definition) is 6. The topological polar surface area (TPSA) is 84.2 Å². The Hall–Kier alpha value is -3.19. The van der Waals surface area contributed by atoms with Gasteiger partial charge >= 0.3 is 0 Å². The Balaban J connectivity index is 2.37. The fourth-order valence-electron chi connectivity index (χ4n) is 3.51. The number of halogens is 1. The zero-order valence-corrected chi connectivity index (χ0v) is 19.8. The van der Waals surface area contributed by atoms with Crippen LogP contribution in [0.15, 0.2) is 47.7 Å². The highest BCUT2D eigenvalue weighted by atomic mass is 19.1. The van der Waals surface area contributed by atoms with Gasteiger partial charge < -0.3 is 31.1 Å². The molecule has 7 heteroatoms. The van der Waals surface area contributed by atoms with Gasteiger partial charge in [-0.3, -0.25) is 0 Å². The van der Waals surface area contributed by atoms with Crippen LogP contribution >= 0.6 is 0 Å². The fourth-order valence-corrected chi connectivity index (χ4v) is 3.51. The Bertz CT molecular complexity index is 1010. The molecule has 0 aliphatic carbocycles. The van der Waals surface area contributed by atoms with Gasteiger partial charge in [0.1, 0.15) is 11.6 Å². The van der Waals surface area contributed by atoms with Gasteiger partial charge in [0.25, 0.3) is 0 Å². The minimum absolute atomic E-state index is 0.318. The van der Waals surface area contributed by atoms with Crippen LogP contribution in [-0.2, 0) is 0 Å². The van der Waals surface area contributed by atoms with E-state index in [1.165, 1.54) is 12.1 Å². The summed E-state index contributed by atoms with van der Waals surface area (Å²) in [7, 11) is 7.51. The van der Waals surface area contributed by atoms with E-state index >= 15 is 0 Å². The molecule has 4 N–H and O–H groups in total. The molecule has 6 nitrogen and oxygen atoms in total. The number of likely N-dealkylation sites (N-methyl/N-ethyl adjacent to an activating group) is 1. The summed E-state index contributed by atoms with van der Waals surface area (Å²) in [5.41, 5.74) is 6.04. The van der Waals surface area contributed by atoms with Crippen LogP contribution in [0.3, 0.4) is 0 Å². The van der Waals surface area contributed by atoms with Gasteiger partial charge in [-0.1, -0.05) is 6.07 Å². The fraction of sp³-hybridized carbons (Fsp3) is 0.360. The molecule has 0 aromatic heterocycles. The van der Waals surface area contributed by atoms with Crippen molar-refractivity contribution in [2.75, 3.05) is 46.7 Å². The van der Waals surface area contributed by atoms with Crippen LogP contribution < -0.4 is 15.4 Å². The second-order valence-electron chi connectivity index (χ2n) is 7.94. The van der Waals surface area contributed by atoms with Crippen LogP contribution in [0.25, 0.3) is 11.1 Å². The smallest absolute Gasteiger partial charge is 0.130 e. The molecule has 2 aromatic carbocycles. The molecule has 0 radical (unpaired) electrons. The van der Waals surface area contributed by atoms with Crippen LogP contribution in [0.5, 0.6) is 5.75 Å². The van der Waals surface area contributed by atoms with Gasteiger partial charge in [0.2, 0.25) is 0 Å². The van der Waals surface area contributed by atoms with E-state index in [9.17, 15) is 4.39 Å². The lowest BCUT2D eigenvalue weighted by atomic mass is 9.98. The quantitative estimate of drug-likeness (QED) is 0.380. The lowest BCUT2D eigenvalue weighted by Gasteiger charge is -2.18. The summed E-state index contributed by atoms with van der Waals surface area (Å²) in [6, 6.07) is 10.3. The summed E-state index contributed by atoms with van der Waals surface area (Å²) < 4.78 is 20.0. The highest BCUT2D eigenvalue weighted by Crippen LogP contribution is 2.33. The number of nitrogens with one attached hydrogen (secondary N) is 4.